The maximum atomic E-state index is 12.4. The van der Waals surface area contributed by atoms with Crippen LogP contribution < -0.4 is 0 Å². The molecule has 0 aliphatic carbocycles. The molecule has 1 aromatic rings. The third-order valence-electron chi connectivity index (χ3n) is 4.78. The van der Waals surface area contributed by atoms with Crippen molar-refractivity contribution in [3.8, 4) is 0 Å². The molecular formula is C15H20N4O2. The van der Waals surface area contributed by atoms with Crippen molar-refractivity contribution in [1.82, 2.24) is 19.8 Å². The molecule has 2 aliphatic heterocycles. The summed E-state index contributed by atoms with van der Waals surface area (Å²) in [4.78, 5) is 35.5. The fourth-order valence-corrected chi connectivity index (χ4v) is 3.40. The summed E-state index contributed by atoms with van der Waals surface area (Å²) in [5.41, 5.74) is 0.655. The zero-order valence-electron chi connectivity index (χ0n) is 12.3. The summed E-state index contributed by atoms with van der Waals surface area (Å²) < 4.78 is 0. The lowest BCUT2D eigenvalue weighted by atomic mass is 9.72. The molecule has 3 rings (SSSR count). The summed E-state index contributed by atoms with van der Waals surface area (Å²) in [5, 5.41) is 0. The van der Waals surface area contributed by atoms with Crippen LogP contribution in [0.2, 0.25) is 0 Å². The molecule has 6 nitrogen and oxygen atoms in total. The summed E-state index contributed by atoms with van der Waals surface area (Å²) in [5.74, 6) is 0.215. The van der Waals surface area contributed by atoms with Gasteiger partial charge in [0.1, 0.15) is 12.0 Å². The molecule has 21 heavy (non-hydrogen) atoms. The fraction of sp³-hybridized carbons (Fsp3) is 0.600. The van der Waals surface area contributed by atoms with Crippen molar-refractivity contribution in [3.05, 3.63) is 24.3 Å². The molecule has 3 heterocycles. The molecule has 0 unspecified atom stereocenters. The first kappa shape index (κ1) is 14.0. The molecule has 0 N–H and O–H groups in total. The van der Waals surface area contributed by atoms with Gasteiger partial charge in [-0.1, -0.05) is 0 Å². The average Bonchev–Trinajstić information content (AvgIpc) is 2.52. The highest BCUT2D eigenvalue weighted by Gasteiger charge is 2.40. The van der Waals surface area contributed by atoms with Crippen LogP contribution in [-0.4, -0.2) is 58.3 Å². The van der Waals surface area contributed by atoms with Crippen molar-refractivity contribution in [3.63, 3.8) is 0 Å². The molecule has 0 aromatic carbocycles. The lowest BCUT2D eigenvalue weighted by Gasteiger charge is -2.46. The van der Waals surface area contributed by atoms with Gasteiger partial charge < -0.3 is 9.80 Å². The number of carbonyl (C=O) groups excluding carboxylic acids is 2. The lowest BCUT2D eigenvalue weighted by Crippen LogP contribution is -2.51. The normalized spacial score (nSPS) is 21.7. The third kappa shape index (κ3) is 2.75. The van der Waals surface area contributed by atoms with E-state index in [0.29, 0.717) is 12.1 Å². The molecule has 0 atom stereocenters. The standard InChI is InChI=1S/C15H20N4O2/c1-18-10-15(4-2-13(18)20)5-8-19(9-6-15)14(21)12-3-7-16-11-17-12/h3,7,11H,2,4-6,8-10H2,1H3. The van der Waals surface area contributed by atoms with Crippen LogP contribution >= 0.6 is 0 Å². The Morgan fingerprint density at radius 1 is 1.29 bits per heavy atom. The average molecular weight is 288 g/mol. The summed E-state index contributed by atoms with van der Waals surface area (Å²) in [6.45, 7) is 2.30. The van der Waals surface area contributed by atoms with Gasteiger partial charge in [0.2, 0.25) is 5.91 Å². The van der Waals surface area contributed by atoms with Crippen molar-refractivity contribution in [2.24, 2.45) is 5.41 Å². The summed E-state index contributed by atoms with van der Waals surface area (Å²) in [6, 6.07) is 1.65. The molecule has 2 fully saturated rings. The Bertz CT molecular complexity index is 538. The van der Waals surface area contributed by atoms with Crippen LogP contribution in [0.15, 0.2) is 18.6 Å². The van der Waals surface area contributed by atoms with E-state index in [1.165, 1.54) is 6.33 Å². The van der Waals surface area contributed by atoms with Gasteiger partial charge in [0.15, 0.2) is 0 Å². The molecule has 1 aromatic heterocycles. The number of amides is 2. The molecule has 2 saturated heterocycles. The topological polar surface area (TPSA) is 66.4 Å². The van der Waals surface area contributed by atoms with Crippen LogP contribution in [-0.2, 0) is 4.79 Å². The molecule has 1 spiro atoms. The number of hydrogen-bond acceptors (Lipinski definition) is 4. The van der Waals surface area contributed by atoms with E-state index in [1.54, 1.807) is 12.3 Å². The maximum absolute atomic E-state index is 12.4. The van der Waals surface area contributed by atoms with E-state index in [2.05, 4.69) is 9.97 Å². The van der Waals surface area contributed by atoms with Gasteiger partial charge in [-0.2, -0.15) is 0 Å². The van der Waals surface area contributed by atoms with Gasteiger partial charge in [0.05, 0.1) is 0 Å². The van der Waals surface area contributed by atoms with Gasteiger partial charge in [-0.15, -0.1) is 0 Å². The monoisotopic (exact) mass is 288 g/mol. The van der Waals surface area contributed by atoms with Crippen LogP contribution in [0.5, 0.6) is 0 Å². The third-order valence-corrected chi connectivity index (χ3v) is 4.78. The number of nitrogens with zero attached hydrogens (tertiary/aromatic N) is 4. The van der Waals surface area contributed by atoms with Gasteiger partial charge in [-0.3, -0.25) is 9.59 Å². The Kier molecular flexibility index (Phi) is 3.61. The fourth-order valence-electron chi connectivity index (χ4n) is 3.40. The number of aromatic nitrogens is 2. The Labute approximate surface area is 124 Å². The van der Waals surface area contributed by atoms with E-state index in [1.807, 2.05) is 16.8 Å². The van der Waals surface area contributed by atoms with Crippen LogP contribution in [0.25, 0.3) is 0 Å². The quantitative estimate of drug-likeness (QED) is 0.771. The minimum atomic E-state index is -0.0208. The Morgan fingerprint density at radius 3 is 2.67 bits per heavy atom. The first-order valence-electron chi connectivity index (χ1n) is 7.39. The minimum absolute atomic E-state index is 0.0208. The minimum Gasteiger partial charge on any atom is -0.345 e. The highest BCUT2D eigenvalue weighted by atomic mass is 16.2. The highest BCUT2D eigenvalue weighted by molar-refractivity contribution is 5.92. The molecule has 6 heteroatoms. The van der Waals surface area contributed by atoms with E-state index in [0.717, 1.165) is 38.9 Å². The molecule has 112 valence electrons. The van der Waals surface area contributed by atoms with Crippen molar-refractivity contribution in [1.29, 1.82) is 0 Å². The maximum Gasteiger partial charge on any atom is 0.272 e. The van der Waals surface area contributed by atoms with Crippen molar-refractivity contribution < 1.29 is 9.59 Å². The lowest BCUT2D eigenvalue weighted by molar-refractivity contribution is -0.137. The highest BCUT2D eigenvalue weighted by Crippen LogP contribution is 2.39. The Hall–Kier alpha value is -1.98. The first-order valence-corrected chi connectivity index (χ1v) is 7.39. The number of hydrogen-bond donors (Lipinski definition) is 0. The van der Waals surface area contributed by atoms with Gasteiger partial charge in [0, 0.05) is 39.3 Å². The van der Waals surface area contributed by atoms with E-state index < -0.39 is 0 Å². The molecule has 0 bridgehead atoms. The Balaban J connectivity index is 1.63. The first-order chi connectivity index (χ1) is 10.1. The zero-order valence-corrected chi connectivity index (χ0v) is 12.3. The van der Waals surface area contributed by atoms with Crippen LogP contribution in [0, 0.1) is 5.41 Å². The van der Waals surface area contributed by atoms with Crippen molar-refractivity contribution in [2.75, 3.05) is 26.7 Å². The second kappa shape index (κ2) is 5.42. The largest absolute Gasteiger partial charge is 0.345 e. The number of carbonyl (C=O) groups is 2. The van der Waals surface area contributed by atoms with E-state index in [9.17, 15) is 9.59 Å². The van der Waals surface area contributed by atoms with Gasteiger partial charge in [-0.05, 0) is 30.7 Å². The second-order valence-electron chi connectivity index (χ2n) is 6.14. The molecule has 0 radical (unpaired) electrons. The Morgan fingerprint density at radius 2 is 2.05 bits per heavy atom. The van der Waals surface area contributed by atoms with E-state index in [-0.39, 0.29) is 17.2 Å². The molecule has 2 amide bonds. The van der Waals surface area contributed by atoms with Crippen molar-refractivity contribution in [2.45, 2.75) is 25.7 Å². The summed E-state index contributed by atoms with van der Waals surface area (Å²) in [7, 11) is 1.88. The second-order valence-corrected chi connectivity index (χ2v) is 6.14. The smallest absolute Gasteiger partial charge is 0.272 e. The van der Waals surface area contributed by atoms with E-state index in [4.69, 9.17) is 0 Å². The van der Waals surface area contributed by atoms with Gasteiger partial charge >= 0.3 is 0 Å². The predicted octanol–water partition coefficient (Wildman–Crippen LogP) is 0.951. The van der Waals surface area contributed by atoms with Crippen LogP contribution in [0.4, 0.5) is 0 Å². The molecule has 2 aliphatic rings. The predicted molar refractivity (Wildman–Crippen MR) is 76.5 cm³/mol. The summed E-state index contributed by atoms with van der Waals surface area (Å²) in [6.07, 6.45) is 6.50. The SMILES string of the molecule is CN1CC2(CCC1=O)CCN(C(=O)c1ccncn1)CC2. The van der Waals surface area contributed by atoms with Crippen LogP contribution in [0.1, 0.15) is 36.2 Å². The number of rotatable bonds is 1. The number of likely N-dealkylation sites (tertiary alicyclic amines) is 2. The zero-order chi connectivity index (χ0) is 14.9. The van der Waals surface area contributed by atoms with Crippen molar-refractivity contribution >= 4 is 11.8 Å². The summed E-state index contributed by atoms with van der Waals surface area (Å²) >= 11 is 0. The molecular weight excluding hydrogens is 268 g/mol. The number of piperidine rings is 2. The van der Waals surface area contributed by atoms with E-state index >= 15 is 0 Å². The molecule has 0 saturated carbocycles. The van der Waals surface area contributed by atoms with Gasteiger partial charge in [0.25, 0.3) is 5.91 Å². The van der Waals surface area contributed by atoms with Crippen LogP contribution in [0.3, 0.4) is 0 Å². The van der Waals surface area contributed by atoms with Gasteiger partial charge in [-0.25, -0.2) is 9.97 Å².